The highest BCUT2D eigenvalue weighted by atomic mass is 16.6. The number of nitro groups is 1. The zero-order valence-electron chi connectivity index (χ0n) is 11.9. The molecule has 2 aliphatic rings. The standard InChI is InChI=1S/C15H16N2O5/c1-2-22-8-6-11-9-4-3-5-10(9)14(15(18)19)16-13(11)12(7-8)17(20)21/h3-4,6-7,9-10,14,16H,2,5H2,1H3,(H,18,19)/p-1/t9-,10-,14+/m0/s1. The molecule has 0 unspecified atom stereocenters. The van der Waals surface area contributed by atoms with Crippen molar-refractivity contribution in [3.63, 3.8) is 0 Å². The molecule has 1 heterocycles. The van der Waals surface area contributed by atoms with Crippen molar-refractivity contribution in [2.75, 3.05) is 11.9 Å². The van der Waals surface area contributed by atoms with Crippen LogP contribution in [0.4, 0.5) is 11.4 Å². The van der Waals surface area contributed by atoms with Crippen LogP contribution in [-0.4, -0.2) is 23.5 Å². The number of carboxylic acid groups (broad SMARTS) is 1. The summed E-state index contributed by atoms with van der Waals surface area (Å²) in [6, 6.07) is 2.13. The number of benzene rings is 1. The van der Waals surface area contributed by atoms with Crippen molar-refractivity contribution in [2.45, 2.75) is 25.3 Å². The maximum absolute atomic E-state index is 11.4. The number of hydrogen-bond donors (Lipinski definition) is 1. The fraction of sp³-hybridized carbons (Fsp3) is 0.400. The summed E-state index contributed by atoms with van der Waals surface area (Å²) in [5.41, 5.74) is 0.773. The van der Waals surface area contributed by atoms with Crippen LogP contribution < -0.4 is 15.2 Å². The van der Waals surface area contributed by atoms with E-state index in [1.165, 1.54) is 6.07 Å². The van der Waals surface area contributed by atoms with Crippen molar-refractivity contribution < 1.29 is 19.6 Å². The number of hydrogen-bond acceptors (Lipinski definition) is 6. The molecule has 0 aromatic heterocycles. The summed E-state index contributed by atoms with van der Waals surface area (Å²) in [5.74, 6) is -1.21. The molecule has 116 valence electrons. The molecule has 3 rings (SSSR count). The van der Waals surface area contributed by atoms with Crippen LogP contribution in [0.15, 0.2) is 24.3 Å². The van der Waals surface area contributed by atoms with Crippen LogP contribution >= 0.6 is 0 Å². The molecule has 0 radical (unpaired) electrons. The lowest BCUT2D eigenvalue weighted by Gasteiger charge is -2.37. The highest BCUT2D eigenvalue weighted by Crippen LogP contribution is 2.49. The Labute approximate surface area is 126 Å². The minimum Gasteiger partial charge on any atom is -0.548 e. The Morgan fingerprint density at radius 2 is 2.27 bits per heavy atom. The molecular formula is C15H15N2O5-. The Morgan fingerprint density at radius 3 is 2.91 bits per heavy atom. The van der Waals surface area contributed by atoms with Crippen molar-refractivity contribution >= 4 is 17.3 Å². The Morgan fingerprint density at radius 1 is 1.50 bits per heavy atom. The summed E-state index contributed by atoms with van der Waals surface area (Å²) >= 11 is 0. The van der Waals surface area contributed by atoms with Crippen LogP contribution in [0.1, 0.15) is 24.8 Å². The van der Waals surface area contributed by atoms with E-state index in [-0.39, 0.29) is 23.2 Å². The number of nitro benzene ring substituents is 1. The molecule has 7 heteroatoms. The van der Waals surface area contributed by atoms with Crippen molar-refractivity contribution in [2.24, 2.45) is 5.92 Å². The second-order valence-electron chi connectivity index (χ2n) is 5.39. The van der Waals surface area contributed by atoms with Crippen LogP contribution in [-0.2, 0) is 4.79 Å². The molecule has 0 spiro atoms. The van der Waals surface area contributed by atoms with Gasteiger partial charge in [0, 0.05) is 5.92 Å². The zero-order chi connectivity index (χ0) is 15.9. The minimum absolute atomic E-state index is 0.175. The molecule has 3 atom stereocenters. The van der Waals surface area contributed by atoms with Crippen molar-refractivity contribution in [1.29, 1.82) is 0 Å². The van der Waals surface area contributed by atoms with Crippen molar-refractivity contribution in [1.82, 2.24) is 0 Å². The minimum atomic E-state index is -1.24. The average Bonchev–Trinajstić information content (AvgIpc) is 2.95. The second kappa shape index (κ2) is 5.32. The van der Waals surface area contributed by atoms with Gasteiger partial charge in [-0.3, -0.25) is 10.1 Å². The van der Waals surface area contributed by atoms with Gasteiger partial charge in [-0.2, -0.15) is 0 Å². The molecule has 1 aliphatic carbocycles. The van der Waals surface area contributed by atoms with Gasteiger partial charge in [-0.15, -0.1) is 0 Å². The van der Waals surface area contributed by atoms with E-state index in [4.69, 9.17) is 4.74 Å². The Kier molecular flexibility index (Phi) is 3.48. The molecule has 0 bridgehead atoms. The fourth-order valence-electron chi connectivity index (χ4n) is 3.28. The molecule has 7 nitrogen and oxygen atoms in total. The lowest BCUT2D eigenvalue weighted by Crippen LogP contribution is -2.49. The molecule has 0 amide bonds. The topological polar surface area (TPSA) is 105 Å². The predicted molar refractivity (Wildman–Crippen MR) is 76.7 cm³/mol. The quantitative estimate of drug-likeness (QED) is 0.509. The van der Waals surface area contributed by atoms with Gasteiger partial charge in [0.15, 0.2) is 0 Å². The van der Waals surface area contributed by atoms with Gasteiger partial charge >= 0.3 is 0 Å². The first-order valence-corrected chi connectivity index (χ1v) is 7.12. The summed E-state index contributed by atoms with van der Waals surface area (Å²) in [6.45, 7) is 2.20. The molecule has 1 N–H and O–H groups in total. The molecule has 1 aliphatic heterocycles. The normalized spacial score (nSPS) is 25.0. The maximum atomic E-state index is 11.4. The Hall–Kier alpha value is -2.57. The third-order valence-electron chi connectivity index (χ3n) is 4.18. The number of allylic oxidation sites excluding steroid dienone is 2. The third-order valence-corrected chi connectivity index (χ3v) is 4.18. The van der Waals surface area contributed by atoms with Gasteiger partial charge in [-0.1, -0.05) is 12.2 Å². The molecular weight excluding hydrogens is 288 g/mol. The summed E-state index contributed by atoms with van der Waals surface area (Å²) in [5, 5.41) is 25.5. The van der Waals surface area contributed by atoms with E-state index in [1.54, 1.807) is 13.0 Å². The van der Waals surface area contributed by atoms with E-state index >= 15 is 0 Å². The SMILES string of the molecule is CCOc1cc2c(c([N+](=O)[O-])c1)N[C@@H](C(=O)[O-])[C@H]1CC=C[C@H]21. The van der Waals surface area contributed by atoms with Crippen molar-refractivity contribution in [3.05, 3.63) is 40.0 Å². The fourth-order valence-corrected chi connectivity index (χ4v) is 3.28. The summed E-state index contributed by atoms with van der Waals surface area (Å²) in [6.07, 6.45) is 4.41. The van der Waals surface area contributed by atoms with Crippen LogP contribution in [0.3, 0.4) is 0 Å². The molecule has 0 saturated carbocycles. The first kappa shape index (κ1) is 14.4. The first-order chi connectivity index (χ1) is 10.5. The molecule has 1 aromatic carbocycles. The van der Waals surface area contributed by atoms with E-state index in [0.29, 0.717) is 24.3 Å². The monoisotopic (exact) mass is 303 g/mol. The van der Waals surface area contributed by atoms with Crippen LogP contribution in [0.5, 0.6) is 5.75 Å². The number of nitrogens with one attached hydrogen (secondary N) is 1. The Balaban J connectivity index is 2.16. The number of fused-ring (bicyclic) bond motifs is 3. The lowest BCUT2D eigenvalue weighted by atomic mass is 9.79. The predicted octanol–water partition coefficient (Wildman–Crippen LogP) is 1.20. The van der Waals surface area contributed by atoms with Gasteiger partial charge in [0.2, 0.25) is 0 Å². The van der Waals surface area contributed by atoms with Crippen LogP contribution in [0.25, 0.3) is 0 Å². The molecule has 1 aromatic rings. The van der Waals surface area contributed by atoms with Gasteiger partial charge < -0.3 is 20.0 Å². The summed E-state index contributed by atoms with van der Waals surface area (Å²) in [7, 11) is 0. The maximum Gasteiger partial charge on any atom is 0.296 e. The zero-order valence-corrected chi connectivity index (χ0v) is 11.9. The van der Waals surface area contributed by atoms with Gasteiger partial charge in [0.1, 0.15) is 11.4 Å². The highest BCUT2D eigenvalue weighted by molar-refractivity contribution is 5.82. The highest BCUT2D eigenvalue weighted by Gasteiger charge is 2.41. The van der Waals surface area contributed by atoms with Gasteiger partial charge in [-0.05, 0) is 30.9 Å². The van der Waals surface area contributed by atoms with Gasteiger partial charge in [0.05, 0.1) is 29.6 Å². The van der Waals surface area contributed by atoms with E-state index in [1.807, 2.05) is 12.2 Å². The third kappa shape index (κ3) is 2.18. The number of aliphatic carboxylic acids is 1. The van der Waals surface area contributed by atoms with Crippen molar-refractivity contribution in [3.8, 4) is 5.75 Å². The number of carbonyl (C=O) groups is 1. The largest absolute Gasteiger partial charge is 0.548 e. The summed E-state index contributed by atoms with van der Waals surface area (Å²) in [4.78, 5) is 22.2. The Bertz CT molecular complexity index is 670. The number of carbonyl (C=O) groups excluding carboxylic acids is 1. The molecule has 22 heavy (non-hydrogen) atoms. The summed E-state index contributed by atoms with van der Waals surface area (Å²) < 4.78 is 5.40. The first-order valence-electron chi connectivity index (χ1n) is 7.12. The number of carboxylic acids is 1. The van der Waals surface area contributed by atoms with Gasteiger partial charge in [-0.25, -0.2) is 0 Å². The number of ether oxygens (including phenoxy) is 1. The van der Waals surface area contributed by atoms with Gasteiger partial charge in [0.25, 0.3) is 5.69 Å². The second-order valence-corrected chi connectivity index (χ2v) is 5.39. The van der Waals surface area contributed by atoms with Crippen LogP contribution in [0, 0.1) is 16.0 Å². The van der Waals surface area contributed by atoms with E-state index < -0.39 is 16.9 Å². The molecule has 0 saturated heterocycles. The number of rotatable bonds is 4. The molecule has 0 fully saturated rings. The van der Waals surface area contributed by atoms with E-state index in [2.05, 4.69) is 5.32 Å². The number of nitrogens with zero attached hydrogens (tertiary/aromatic N) is 1. The van der Waals surface area contributed by atoms with E-state index in [0.717, 1.165) is 0 Å². The average molecular weight is 303 g/mol. The number of anilines is 1. The smallest absolute Gasteiger partial charge is 0.296 e. The van der Waals surface area contributed by atoms with Crippen LogP contribution in [0.2, 0.25) is 0 Å². The van der Waals surface area contributed by atoms with E-state index in [9.17, 15) is 20.0 Å². The lowest BCUT2D eigenvalue weighted by molar-refractivity contribution is -0.384.